The molecule has 0 saturated heterocycles. The van der Waals surface area contributed by atoms with Gasteiger partial charge >= 0.3 is 0 Å². The van der Waals surface area contributed by atoms with Gasteiger partial charge in [-0.1, -0.05) is 18.2 Å². The summed E-state index contributed by atoms with van der Waals surface area (Å²) in [7, 11) is 0. The van der Waals surface area contributed by atoms with Crippen LogP contribution >= 0.6 is 11.8 Å². The Bertz CT molecular complexity index is 845. The molecule has 0 fully saturated rings. The first-order valence-electron chi connectivity index (χ1n) is 7.84. The Morgan fingerprint density at radius 2 is 1.92 bits per heavy atom. The predicted molar refractivity (Wildman–Crippen MR) is 95.4 cm³/mol. The van der Waals surface area contributed by atoms with Crippen molar-refractivity contribution in [3.63, 3.8) is 0 Å². The fourth-order valence-electron chi connectivity index (χ4n) is 3.15. The number of aromatic nitrogens is 1. The Labute approximate surface area is 152 Å². The van der Waals surface area contributed by atoms with Crippen molar-refractivity contribution in [3.8, 4) is 0 Å². The average molecular weight is 365 g/mol. The van der Waals surface area contributed by atoms with Gasteiger partial charge in [0, 0.05) is 33.5 Å². The molecule has 0 unspecified atom stereocenters. The molecule has 2 nitrogen and oxygen atoms in total. The lowest BCUT2D eigenvalue weighted by molar-refractivity contribution is -0.366. The summed E-state index contributed by atoms with van der Waals surface area (Å²) in [6.45, 7) is 3.55. The normalized spacial score (nSPS) is 10.8. The van der Waals surface area contributed by atoms with E-state index in [4.69, 9.17) is 0 Å². The zero-order valence-electron chi connectivity index (χ0n) is 14.0. The van der Waals surface area contributed by atoms with Gasteiger partial charge < -0.3 is 22.7 Å². The van der Waals surface area contributed by atoms with Crippen LogP contribution in [0.25, 0.3) is 10.9 Å². The number of hydrogen-bond acceptors (Lipinski definition) is 1. The molecule has 5 heteroatoms. The maximum absolute atomic E-state index is 14.1. The van der Waals surface area contributed by atoms with E-state index >= 15 is 0 Å². The van der Waals surface area contributed by atoms with Gasteiger partial charge in [0.05, 0.1) is 13.1 Å². The lowest BCUT2D eigenvalue weighted by atomic mass is 10.1. The molecular weight excluding hydrogens is 343 g/mol. The van der Waals surface area contributed by atoms with Gasteiger partial charge in [-0.3, -0.25) is 0 Å². The zero-order chi connectivity index (χ0) is 16.4. The summed E-state index contributed by atoms with van der Waals surface area (Å²) in [4.78, 5) is 1.26. The van der Waals surface area contributed by atoms with Crippen LogP contribution in [0.15, 0.2) is 47.4 Å². The van der Waals surface area contributed by atoms with E-state index in [1.165, 1.54) is 33.1 Å². The molecule has 24 heavy (non-hydrogen) atoms. The van der Waals surface area contributed by atoms with E-state index in [1.54, 1.807) is 17.8 Å². The molecule has 3 N–H and O–H groups in total. The van der Waals surface area contributed by atoms with Crippen molar-refractivity contribution in [3.05, 3.63) is 65.1 Å². The van der Waals surface area contributed by atoms with E-state index in [2.05, 4.69) is 41.7 Å². The zero-order valence-corrected chi connectivity index (χ0v) is 15.6. The van der Waals surface area contributed by atoms with Crippen LogP contribution in [0.3, 0.4) is 0 Å². The topological polar surface area (TPSA) is 32.6 Å². The maximum Gasteiger partial charge on any atom is 0.128 e. The van der Waals surface area contributed by atoms with Crippen LogP contribution in [0.2, 0.25) is 0 Å². The number of fused-ring (bicyclic) bond motifs is 1. The average Bonchev–Trinajstić information content (AvgIpc) is 2.82. The minimum Gasteiger partial charge on any atom is -1.00 e. The van der Waals surface area contributed by atoms with Crippen LogP contribution in [0.1, 0.15) is 16.8 Å². The minimum atomic E-state index is -0.145. The van der Waals surface area contributed by atoms with Crippen molar-refractivity contribution in [2.45, 2.75) is 24.8 Å². The molecule has 0 atom stereocenters. The molecule has 0 saturated carbocycles. The lowest BCUT2D eigenvalue weighted by Gasteiger charge is -2.10. The highest BCUT2D eigenvalue weighted by atomic mass is 35.5. The number of thioether (sulfide) groups is 1. The van der Waals surface area contributed by atoms with Crippen molar-refractivity contribution in [1.29, 1.82) is 0 Å². The Kier molecular flexibility index (Phi) is 6.33. The fourth-order valence-corrected chi connectivity index (χ4v) is 3.59. The van der Waals surface area contributed by atoms with Crippen LogP contribution in [-0.2, 0) is 13.0 Å². The van der Waals surface area contributed by atoms with Gasteiger partial charge in [0.2, 0.25) is 0 Å². The Morgan fingerprint density at radius 1 is 1.17 bits per heavy atom. The van der Waals surface area contributed by atoms with E-state index < -0.39 is 0 Å². The molecule has 1 heterocycles. The van der Waals surface area contributed by atoms with Crippen LogP contribution < -0.4 is 18.1 Å². The standard InChI is InChI=1S/C19H21FN2S.ClH/c1-13-16(9-10-21)17-11-15(23-2)7-8-19(17)22(13)12-14-5-3-4-6-18(14)20;/h3-8,11H,9-10,12,21H2,1-2H3;1H. The fraction of sp³-hybridized carbons (Fsp3) is 0.263. The smallest absolute Gasteiger partial charge is 0.128 e. The molecule has 2 aromatic carbocycles. The van der Waals surface area contributed by atoms with E-state index in [1.807, 2.05) is 12.1 Å². The van der Waals surface area contributed by atoms with Gasteiger partial charge in [0.1, 0.15) is 5.82 Å². The Morgan fingerprint density at radius 3 is 2.58 bits per heavy atom. The quantitative estimate of drug-likeness (QED) is 0.662. The first kappa shape index (κ1) is 18.8. The molecule has 128 valence electrons. The summed E-state index contributed by atoms with van der Waals surface area (Å²) in [6, 6.07) is 13.5. The van der Waals surface area contributed by atoms with Gasteiger partial charge in [0.25, 0.3) is 0 Å². The predicted octanol–water partition coefficient (Wildman–Crippen LogP) is 0.647. The van der Waals surface area contributed by atoms with Gasteiger partial charge in [-0.2, -0.15) is 0 Å². The monoisotopic (exact) mass is 364 g/mol. The molecule has 0 amide bonds. The first-order chi connectivity index (χ1) is 11.2. The summed E-state index contributed by atoms with van der Waals surface area (Å²) < 4.78 is 16.3. The van der Waals surface area contributed by atoms with Crippen molar-refractivity contribution < 1.29 is 22.5 Å². The second-order valence-corrected chi connectivity index (χ2v) is 6.61. The highest BCUT2D eigenvalue weighted by molar-refractivity contribution is 7.98. The number of halogens is 2. The summed E-state index contributed by atoms with van der Waals surface area (Å²) >= 11 is 1.75. The summed E-state index contributed by atoms with van der Waals surface area (Å²) in [5.74, 6) is -0.145. The third kappa shape index (κ3) is 3.46. The molecule has 3 rings (SSSR count). The van der Waals surface area contributed by atoms with Crippen LogP contribution in [0.5, 0.6) is 0 Å². The largest absolute Gasteiger partial charge is 1.00 e. The van der Waals surface area contributed by atoms with Crippen LogP contribution in [0, 0.1) is 12.7 Å². The van der Waals surface area contributed by atoms with Gasteiger partial charge in [-0.25, -0.2) is 4.39 Å². The second kappa shape index (κ2) is 8.06. The van der Waals surface area contributed by atoms with Gasteiger partial charge in [-0.05, 0) is 43.0 Å². The third-order valence-electron chi connectivity index (χ3n) is 4.37. The SMILES string of the molecule is CSc1ccc2c(c1)c(CC[NH3+])c(C)n2Cc1ccccc1F.[Cl-]. The number of rotatable bonds is 5. The summed E-state index contributed by atoms with van der Waals surface area (Å²) in [5, 5.41) is 1.27. The highest BCUT2D eigenvalue weighted by Crippen LogP contribution is 2.30. The Balaban J connectivity index is 0.00000208. The molecule has 1 aromatic heterocycles. The summed E-state index contributed by atoms with van der Waals surface area (Å²) in [6.07, 6.45) is 3.04. The molecule has 0 radical (unpaired) electrons. The maximum atomic E-state index is 14.1. The van der Waals surface area contributed by atoms with Crippen molar-refractivity contribution in [1.82, 2.24) is 4.57 Å². The lowest BCUT2D eigenvalue weighted by Crippen LogP contribution is -3.00. The molecule has 0 aliphatic heterocycles. The van der Waals surface area contributed by atoms with Crippen LogP contribution in [-0.4, -0.2) is 17.4 Å². The third-order valence-corrected chi connectivity index (χ3v) is 5.10. The molecule has 3 aromatic rings. The first-order valence-corrected chi connectivity index (χ1v) is 9.06. The van der Waals surface area contributed by atoms with Crippen molar-refractivity contribution in [2.24, 2.45) is 0 Å². The minimum absolute atomic E-state index is 0. The molecular formula is C19H22ClFN2S. The van der Waals surface area contributed by atoms with E-state index in [0.717, 1.165) is 18.5 Å². The van der Waals surface area contributed by atoms with Crippen LogP contribution in [0.4, 0.5) is 4.39 Å². The van der Waals surface area contributed by atoms with Crippen molar-refractivity contribution in [2.75, 3.05) is 12.8 Å². The van der Waals surface area contributed by atoms with E-state index in [-0.39, 0.29) is 18.2 Å². The highest BCUT2D eigenvalue weighted by Gasteiger charge is 2.15. The molecule has 0 aliphatic carbocycles. The number of quaternary nitrogens is 1. The number of nitrogens with zero attached hydrogens (tertiary/aromatic N) is 1. The van der Waals surface area contributed by atoms with Gasteiger partial charge in [0.15, 0.2) is 0 Å². The van der Waals surface area contributed by atoms with Crippen molar-refractivity contribution >= 4 is 22.7 Å². The van der Waals surface area contributed by atoms with E-state index in [0.29, 0.717) is 6.54 Å². The Hall–Kier alpha value is -1.49. The van der Waals surface area contributed by atoms with E-state index in [9.17, 15) is 4.39 Å². The molecule has 0 bridgehead atoms. The van der Waals surface area contributed by atoms with Gasteiger partial charge in [-0.15, -0.1) is 11.8 Å². The molecule has 0 spiro atoms. The number of benzene rings is 2. The summed E-state index contributed by atoms with van der Waals surface area (Å²) in [5.41, 5.74) is 8.45. The number of hydrogen-bond donors (Lipinski definition) is 1. The molecule has 0 aliphatic rings. The second-order valence-electron chi connectivity index (χ2n) is 5.73.